The van der Waals surface area contributed by atoms with E-state index in [4.69, 9.17) is 17.0 Å². The Hall–Kier alpha value is -1.40. The zero-order chi connectivity index (χ0) is 17.1. The summed E-state index contributed by atoms with van der Waals surface area (Å²) < 4.78 is 6.41. The minimum absolute atomic E-state index is 0.0472. The Morgan fingerprint density at radius 3 is 2.65 bits per heavy atom. The van der Waals surface area contributed by atoms with Gasteiger partial charge in [0.05, 0.1) is 17.1 Å². The zero-order valence-electron chi connectivity index (χ0n) is 13.8. The van der Waals surface area contributed by atoms with E-state index in [1.54, 1.807) is 6.92 Å². The minimum atomic E-state index is -0.241. The molecular weight excluding hydrogens is 376 g/mol. The highest BCUT2D eigenvalue weighted by Crippen LogP contribution is 2.34. The van der Waals surface area contributed by atoms with Crippen molar-refractivity contribution in [2.75, 3.05) is 13.2 Å². The van der Waals surface area contributed by atoms with E-state index in [0.29, 0.717) is 11.7 Å². The summed E-state index contributed by atoms with van der Waals surface area (Å²) >= 11 is 8.98. The topological polar surface area (TPSA) is 41.6 Å². The van der Waals surface area contributed by atoms with Crippen molar-refractivity contribution in [1.29, 1.82) is 0 Å². The molecule has 1 aliphatic rings. The number of Topliss-reactive ketones (excluding diaryl/α,β-unsaturated/α-hetero) is 1. The van der Waals surface area contributed by atoms with Gasteiger partial charge in [0.25, 0.3) is 0 Å². The predicted octanol–water partition coefficient (Wildman–Crippen LogP) is 3.96. The average Bonchev–Trinajstić information content (AvgIpc) is 2.48. The Bertz CT molecular complexity index is 673. The van der Waals surface area contributed by atoms with E-state index in [1.807, 2.05) is 43.9 Å². The number of hydrogen-bond donors (Lipinski definition) is 1. The highest BCUT2D eigenvalue weighted by Gasteiger charge is 2.31. The number of ketones is 1. The molecule has 1 unspecified atom stereocenters. The van der Waals surface area contributed by atoms with Crippen LogP contribution < -0.4 is 10.1 Å². The summed E-state index contributed by atoms with van der Waals surface area (Å²) in [6.45, 7) is 8.84. The molecule has 1 aliphatic heterocycles. The largest absolute Gasteiger partial charge is 0.493 e. The Morgan fingerprint density at radius 1 is 1.43 bits per heavy atom. The van der Waals surface area contributed by atoms with Gasteiger partial charge in [0, 0.05) is 17.8 Å². The van der Waals surface area contributed by atoms with Crippen LogP contribution >= 0.6 is 28.1 Å². The fourth-order valence-electron chi connectivity index (χ4n) is 2.84. The molecule has 0 aromatic heterocycles. The third-order valence-electron chi connectivity index (χ3n) is 3.88. The van der Waals surface area contributed by atoms with Gasteiger partial charge < -0.3 is 15.0 Å². The molecule has 2 rings (SSSR count). The lowest BCUT2D eigenvalue weighted by atomic mass is 9.92. The number of thiocarbonyl (C=S) groups is 1. The lowest BCUT2D eigenvalue weighted by Gasteiger charge is -2.37. The summed E-state index contributed by atoms with van der Waals surface area (Å²) in [6, 6.07) is 5.61. The van der Waals surface area contributed by atoms with Gasteiger partial charge in [-0.15, -0.1) is 0 Å². The minimum Gasteiger partial charge on any atom is -0.493 e. The van der Waals surface area contributed by atoms with Crippen LogP contribution in [0.15, 0.2) is 33.9 Å². The summed E-state index contributed by atoms with van der Waals surface area (Å²) in [5, 5.41) is 3.93. The fraction of sp³-hybridized carbons (Fsp3) is 0.412. The summed E-state index contributed by atoms with van der Waals surface area (Å²) in [4.78, 5) is 14.2. The van der Waals surface area contributed by atoms with Crippen LogP contribution in [-0.2, 0) is 4.79 Å². The van der Waals surface area contributed by atoms with Gasteiger partial charge in [0.2, 0.25) is 0 Å². The number of ether oxygens (including phenoxy) is 1. The quantitative estimate of drug-likeness (QED) is 0.762. The number of halogens is 1. The van der Waals surface area contributed by atoms with E-state index in [1.165, 1.54) is 0 Å². The van der Waals surface area contributed by atoms with Gasteiger partial charge in [-0.2, -0.15) is 0 Å². The molecule has 1 atom stereocenters. The second kappa shape index (κ2) is 7.45. The Balaban J connectivity index is 2.49. The van der Waals surface area contributed by atoms with E-state index in [0.717, 1.165) is 33.6 Å². The number of carbonyl (C=O) groups excluding carboxylic acids is 1. The maximum atomic E-state index is 12.2. The molecule has 0 fully saturated rings. The first-order valence-corrected chi connectivity index (χ1v) is 8.82. The summed E-state index contributed by atoms with van der Waals surface area (Å²) in [6.07, 6.45) is 0. The Kier molecular flexibility index (Phi) is 5.81. The number of nitrogens with zero attached hydrogens (tertiary/aromatic N) is 1. The molecule has 0 radical (unpaired) electrons. The molecule has 0 aliphatic carbocycles. The van der Waals surface area contributed by atoms with Gasteiger partial charge in [-0.05, 0) is 73.5 Å². The summed E-state index contributed by atoms with van der Waals surface area (Å²) in [5.41, 5.74) is 2.64. The number of carbonyl (C=O) groups is 1. The zero-order valence-corrected chi connectivity index (χ0v) is 16.2. The van der Waals surface area contributed by atoms with Crippen molar-refractivity contribution >= 4 is 39.0 Å². The number of allylic oxidation sites excluding steroid dienone is 1. The van der Waals surface area contributed by atoms with E-state index >= 15 is 0 Å². The maximum Gasteiger partial charge on any atom is 0.173 e. The van der Waals surface area contributed by atoms with Crippen LogP contribution in [0.2, 0.25) is 0 Å². The first kappa shape index (κ1) is 17.9. The molecule has 6 heteroatoms. The van der Waals surface area contributed by atoms with Crippen LogP contribution in [0.5, 0.6) is 5.75 Å². The smallest absolute Gasteiger partial charge is 0.173 e. The van der Waals surface area contributed by atoms with E-state index in [2.05, 4.69) is 21.2 Å². The third-order valence-corrected chi connectivity index (χ3v) is 4.84. The Morgan fingerprint density at radius 2 is 2.13 bits per heavy atom. The van der Waals surface area contributed by atoms with Crippen molar-refractivity contribution < 1.29 is 9.53 Å². The van der Waals surface area contributed by atoms with Gasteiger partial charge in [0.1, 0.15) is 5.75 Å². The van der Waals surface area contributed by atoms with E-state index < -0.39 is 0 Å². The van der Waals surface area contributed by atoms with Crippen LogP contribution in [0.4, 0.5) is 0 Å². The van der Waals surface area contributed by atoms with Crippen LogP contribution in [-0.4, -0.2) is 28.9 Å². The van der Waals surface area contributed by atoms with Crippen molar-refractivity contribution in [3.8, 4) is 5.75 Å². The summed E-state index contributed by atoms with van der Waals surface area (Å²) in [5.74, 6) is 0.834. The average molecular weight is 397 g/mol. The molecule has 4 nitrogen and oxygen atoms in total. The highest BCUT2D eigenvalue weighted by atomic mass is 79.9. The van der Waals surface area contributed by atoms with Crippen LogP contribution in [0.1, 0.15) is 39.3 Å². The van der Waals surface area contributed by atoms with E-state index in [-0.39, 0.29) is 11.8 Å². The highest BCUT2D eigenvalue weighted by molar-refractivity contribution is 9.10. The van der Waals surface area contributed by atoms with Crippen molar-refractivity contribution in [3.05, 3.63) is 39.5 Å². The van der Waals surface area contributed by atoms with Crippen molar-refractivity contribution in [1.82, 2.24) is 10.2 Å². The SMILES string of the molecule is CCOc1ccc(C2NC(=S)N(CC)C(C)=C2C(C)=O)cc1Br. The molecule has 1 aromatic carbocycles. The van der Waals surface area contributed by atoms with Crippen LogP contribution in [0.3, 0.4) is 0 Å². The maximum absolute atomic E-state index is 12.2. The van der Waals surface area contributed by atoms with Gasteiger partial charge in [-0.1, -0.05) is 6.07 Å². The molecule has 124 valence electrons. The number of rotatable bonds is 5. The van der Waals surface area contributed by atoms with Crippen molar-refractivity contribution in [3.63, 3.8) is 0 Å². The lowest BCUT2D eigenvalue weighted by molar-refractivity contribution is -0.114. The fourth-order valence-corrected chi connectivity index (χ4v) is 3.73. The monoisotopic (exact) mass is 396 g/mol. The Labute approximate surface area is 151 Å². The first-order valence-electron chi connectivity index (χ1n) is 7.62. The molecule has 1 aromatic rings. The molecule has 0 amide bonds. The molecule has 0 saturated carbocycles. The molecule has 23 heavy (non-hydrogen) atoms. The number of hydrogen-bond acceptors (Lipinski definition) is 3. The van der Waals surface area contributed by atoms with Gasteiger partial charge in [0.15, 0.2) is 10.9 Å². The number of benzene rings is 1. The lowest BCUT2D eigenvalue weighted by Crippen LogP contribution is -2.47. The predicted molar refractivity (Wildman–Crippen MR) is 99.5 cm³/mol. The summed E-state index contributed by atoms with van der Waals surface area (Å²) in [7, 11) is 0. The standard InChI is InChI=1S/C17H21BrN2O2S/c1-5-20-10(3)15(11(4)21)16(19-17(20)23)12-7-8-14(22-6-2)13(18)9-12/h7-9,16H,5-6H2,1-4H3,(H,19,23). The molecule has 0 saturated heterocycles. The second-order valence-corrected chi connectivity index (χ2v) is 6.55. The molecular formula is C17H21BrN2O2S. The van der Waals surface area contributed by atoms with Gasteiger partial charge in [-0.25, -0.2) is 0 Å². The van der Waals surface area contributed by atoms with Gasteiger partial charge in [-0.3, -0.25) is 4.79 Å². The normalized spacial score (nSPS) is 18.0. The molecule has 0 spiro atoms. The third kappa shape index (κ3) is 3.58. The van der Waals surface area contributed by atoms with Crippen LogP contribution in [0, 0.1) is 0 Å². The van der Waals surface area contributed by atoms with Gasteiger partial charge >= 0.3 is 0 Å². The molecule has 1 N–H and O–H groups in total. The van der Waals surface area contributed by atoms with Crippen molar-refractivity contribution in [2.45, 2.75) is 33.7 Å². The van der Waals surface area contributed by atoms with Crippen molar-refractivity contribution in [2.24, 2.45) is 0 Å². The first-order chi connectivity index (χ1) is 10.9. The molecule has 0 bridgehead atoms. The molecule has 1 heterocycles. The van der Waals surface area contributed by atoms with E-state index in [9.17, 15) is 4.79 Å². The number of nitrogens with one attached hydrogen (secondary N) is 1. The van der Waals surface area contributed by atoms with Crippen LogP contribution in [0.25, 0.3) is 0 Å². The second-order valence-electron chi connectivity index (χ2n) is 5.30.